The Balaban J connectivity index is 1.28. The Morgan fingerprint density at radius 1 is 1.12 bits per heavy atom. The van der Waals surface area contributed by atoms with Gasteiger partial charge in [0.1, 0.15) is 19.0 Å². The molecule has 0 fully saturated rings. The molecule has 5 rings (SSSR count). The van der Waals surface area contributed by atoms with Gasteiger partial charge in [0, 0.05) is 41.3 Å². The molecular weight excluding hydrogens is 460 g/mol. The van der Waals surface area contributed by atoms with Gasteiger partial charge in [-0.25, -0.2) is 0 Å². The highest BCUT2D eigenvalue weighted by atomic mass is 35.5. The van der Waals surface area contributed by atoms with Crippen LogP contribution in [0.3, 0.4) is 0 Å². The van der Waals surface area contributed by atoms with Crippen LogP contribution >= 0.6 is 23.4 Å². The molecule has 4 aromatic rings. The number of nitrogens with zero attached hydrogens (tertiary/aromatic N) is 4. The zero-order chi connectivity index (χ0) is 22.6. The third kappa shape index (κ3) is 4.91. The van der Waals surface area contributed by atoms with E-state index >= 15 is 0 Å². The van der Waals surface area contributed by atoms with E-state index in [2.05, 4.69) is 15.2 Å². The number of aromatic nitrogens is 4. The molecule has 1 aliphatic rings. The Morgan fingerprint density at radius 3 is 2.85 bits per heavy atom. The van der Waals surface area contributed by atoms with E-state index in [4.69, 9.17) is 25.8 Å². The second-order valence-corrected chi connectivity index (χ2v) is 8.83. The highest BCUT2D eigenvalue weighted by molar-refractivity contribution is 7.98. The molecule has 0 spiro atoms. The van der Waals surface area contributed by atoms with Crippen LogP contribution in [0.1, 0.15) is 23.1 Å². The summed E-state index contributed by atoms with van der Waals surface area (Å²) in [5.74, 6) is 3.57. The SMILES string of the molecule is Cn1c(SCc2cc(Cl)ccc2OCc2cccnc2)nnc1[C@H]1COc2ccccc2O1. The van der Waals surface area contributed by atoms with Crippen molar-refractivity contribution in [1.82, 2.24) is 19.7 Å². The van der Waals surface area contributed by atoms with Gasteiger partial charge in [-0.1, -0.05) is 41.6 Å². The lowest BCUT2D eigenvalue weighted by atomic mass is 10.2. The average Bonchev–Trinajstić information content (AvgIpc) is 3.22. The maximum atomic E-state index is 6.26. The summed E-state index contributed by atoms with van der Waals surface area (Å²) < 4.78 is 19.9. The van der Waals surface area contributed by atoms with E-state index in [9.17, 15) is 0 Å². The van der Waals surface area contributed by atoms with Crippen molar-refractivity contribution in [3.63, 3.8) is 0 Å². The van der Waals surface area contributed by atoms with Gasteiger partial charge in [-0.3, -0.25) is 4.98 Å². The molecule has 0 saturated carbocycles. The van der Waals surface area contributed by atoms with E-state index in [-0.39, 0.29) is 6.10 Å². The van der Waals surface area contributed by atoms with Gasteiger partial charge >= 0.3 is 0 Å². The highest BCUT2D eigenvalue weighted by Crippen LogP contribution is 2.36. The fourth-order valence-corrected chi connectivity index (χ4v) is 4.56. The third-order valence-electron chi connectivity index (χ3n) is 5.16. The third-order valence-corrected chi connectivity index (χ3v) is 6.47. The number of rotatable bonds is 7. The van der Waals surface area contributed by atoms with Crippen molar-refractivity contribution in [2.45, 2.75) is 23.6 Å². The molecule has 168 valence electrons. The molecule has 0 aliphatic carbocycles. The summed E-state index contributed by atoms with van der Waals surface area (Å²) in [5.41, 5.74) is 1.98. The van der Waals surface area contributed by atoms with Crippen molar-refractivity contribution in [2.75, 3.05) is 6.61 Å². The molecule has 1 aliphatic heterocycles. The summed E-state index contributed by atoms with van der Waals surface area (Å²) in [7, 11) is 1.93. The molecule has 2 aromatic carbocycles. The van der Waals surface area contributed by atoms with Gasteiger partial charge < -0.3 is 18.8 Å². The highest BCUT2D eigenvalue weighted by Gasteiger charge is 2.27. The number of pyridine rings is 1. The lowest BCUT2D eigenvalue weighted by molar-refractivity contribution is 0.0825. The van der Waals surface area contributed by atoms with Crippen molar-refractivity contribution in [3.8, 4) is 17.2 Å². The number of fused-ring (bicyclic) bond motifs is 1. The number of thioether (sulfide) groups is 1. The molecule has 0 unspecified atom stereocenters. The van der Waals surface area contributed by atoms with Crippen molar-refractivity contribution in [1.29, 1.82) is 0 Å². The Morgan fingerprint density at radius 2 is 2.00 bits per heavy atom. The standard InChI is InChI=1S/C24H21ClN4O3S/c1-29-23(22-14-31-20-6-2-3-7-21(20)32-22)27-28-24(29)33-15-17-11-18(25)8-9-19(17)30-13-16-5-4-10-26-12-16/h2-12,22H,13-15H2,1H3/t22-/m1/s1. The smallest absolute Gasteiger partial charge is 0.192 e. The van der Waals surface area contributed by atoms with E-state index in [0.29, 0.717) is 35.6 Å². The first-order valence-corrected chi connectivity index (χ1v) is 11.7. The first kappa shape index (κ1) is 21.6. The van der Waals surface area contributed by atoms with Crippen LogP contribution in [0.5, 0.6) is 17.2 Å². The predicted molar refractivity (Wildman–Crippen MR) is 126 cm³/mol. The molecule has 33 heavy (non-hydrogen) atoms. The number of para-hydroxylation sites is 2. The quantitative estimate of drug-likeness (QED) is 0.334. The van der Waals surface area contributed by atoms with Crippen molar-refractivity contribution >= 4 is 23.4 Å². The minimum atomic E-state index is -0.323. The zero-order valence-corrected chi connectivity index (χ0v) is 19.4. The van der Waals surface area contributed by atoms with Gasteiger partial charge in [0.2, 0.25) is 0 Å². The van der Waals surface area contributed by atoms with E-state index in [0.717, 1.165) is 27.8 Å². The summed E-state index contributed by atoms with van der Waals surface area (Å²) in [6.45, 7) is 0.815. The van der Waals surface area contributed by atoms with Crippen LogP contribution in [0.15, 0.2) is 72.1 Å². The molecule has 0 radical (unpaired) electrons. The fraction of sp³-hybridized carbons (Fsp3) is 0.208. The number of hydrogen-bond donors (Lipinski definition) is 0. The van der Waals surface area contributed by atoms with Gasteiger partial charge in [0.15, 0.2) is 28.6 Å². The van der Waals surface area contributed by atoms with Crippen LogP contribution in [-0.4, -0.2) is 26.4 Å². The fourth-order valence-electron chi connectivity index (χ4n) is 3.47. The molecule has 2 aromatic heterocycles. The summed E-state index contributed by atoms with van der Waals surface area (Å²) in [4.78, 5) is 4.13. The Kier molecular flexibility index (Phi) is 6.37. The predicted octanol–water partition coefficient (Wildman–Crippen LogP) is 5.25. The average molecular weight is 481 g/mol. The molecule has 9 heteroatoms. The molecule has 0 amide bonds. The summed E-state index contributed by atoms with van der Waals surface area (Å²) in [6.07, 6.45) is 3.21. The minimum absolute atomic E-state index is 0.323. The lowest BCUT2D eigenvalue weighted by Crippen LogP contribution is -2.24. The number of halogens is 1. The van der Waals surface area contributed by atoms with Gasteiger partial charge in [-0.05, 0) is 36.4 Å². The largest absolute Gasteiger partial charge is 0.489 e. The molecule has 7 nitrogen and oxygen atoms in total. The number of ether oxygens (including phenoxy) is 3. The van der Waals surface area contributed by atoms with Crippen molar-refractivity contribution in [2.24, 2.45) is 7.05 Å². The van der Waals surface area contributed by atoms with Crippen molar-refractivity contribution < 1.29 is 14.2 Å². The maximum absolute atomic E-state index is 6.26. The maximum Gasteiger partial charge on any atom is 0.192 e. The normalized spacial score (nSPS) is 14.8. The Hall–Kier alpha value is -3.23. The first-order chi connectivity index (χ1) is 16.2. The van der Waals surface area contributed by atoms with E-state index in [1.54, 1.807) is 24.2 Å². The zero-order valence-electron chi connectivity index (χ0n) is 17.8. The van der Waals surface area contributed by atoms with Crippen LogP contribution in [0, 0.1) is 0 Å². The van der Waals surface area contributed by atoms with E-state index in [1.165, 1.54) is 0 Å². The minimum Gasteiger partial charge on any atom is -0.489 e. The second kappa shape index (κ2) is 9.72. The number of hydrogen-bond acceptors (Lipinski definition) is 7. The summed E-state index contributed by atoms with van der Waals surface area (Å²) >= 11 is 7.81. The molecular formula is C24H21ClN4O3S. The lowest BCUT2D eigenvalue weighted by Gasteiger charge is -2.25. The van der Waals surface area contributed by atoms with Crippen LogP contribution < -0.4 is 14.2 Å². The van der Waals surface area contributed by atoms with Crippen molar-refractivity contribution in [3.05, 3.63) is 89.0 Å². The van der Waals surface area contributed by atoms with E-state index in [1.807, 2.05) is 66.2 Å². The van der Waals surface area contributed by atoms with E-state index < -0.39 is 0 Å². The molecule has 0 saturated heterocycles. The molecule has 3 heterocycles. The second-order valence-electron chi connectivity index (χ2n) is 7.45. The Labute approximate surface area is 200 Å². The van der Waals surface area contributed by atoms with Crippen LogP contribution in [0.4, 0.5) is 0 Å². The van der Waals surface area contributed by atoms with Crippen LogP contribution in [0.25, 0.3) is 0 Å². The molecule has 1 atom stereocenters. The summed E-state index contributed by atoms with van der Waals surface area (Å²) in [5, 5.41) is 10.2. The Bertz CT molecular complexity index is 1250. The van der Waals surface area contributed by atoms with Gasteiger partial charge in [-0.15, -0.1) is 10.2 Å². The van der Waals surface area contributed by atoms with Crippen LogP contribution in [-0.2, 0) is 19.4 Å². The first-order valence-electron chi connectivity index (χ1n) is 10.4. The molecule has 0 N–H and O–H groups in total. The van der Waals surface area contributed by atoms with Gasteiger partial charge in [0.05, 0.1) is 0 Å². The van der Waals surface area contributed by atoms with Gasteiger partial charge in [0.25, 0.3) is 0 Å². The monoisotopic (exact) mass is 480 g/mol. The summed E-state index contributed by atoms with van der Waals surface area (Å²) in [6, 6.07) is 17.1. The topological polar surface area (TPSA) is 71.3 Å². The van der Waals surface area contributed by atoms with Crippen LogP contribution in [0.2, 0.25) is 5.02 Å². The van der Waals surface area contributed by atoms with Gasteiger partial charge in [-0.2, -0.15) is 0 Å². The number of benzene rings is 2. The molecule has 0 bridgehead atoms.